The molecule has 3 amide bonds. The van der Waals surface area contributed by atoms with Crippen molar-refractivity contribution < 1.29 is 14.4 Å². The molecule has 0 bridgehead atoms. The van der Waals surface area contributed by atoms with Crippen LogP contribution in [0.2, 0.25) is 0 Å². The Labute approximate surface area is 99.7 Å². The molecule has 0 aliphatic rings. The van der Waals surface area contributed by atoms with Crippen molar-refractivity contribution >= 4 is 30.4 Å². The topological polar surface area (TPSA) is 101 Å². The van der Waals surface area contributed by atoms with E-state index in [1.165, 1.54) is 0 Å². The maximum Gasteiger partial charge on any atom is 0.240 e. The molecule has 6 nitrogen and oxygen atoms in total. The first-order chi connectivity index (χ1) is 7.51. The number of rotatable bonds is 7. The van der Waals surface area contributed by atoms with E-state index >= 15 is 0 Å². The molecule has 7 heteroatoms. The van der Waals surface area contributed by atoms with Crippen LogP contribution in [0.4, 0.5) is 0 Å². The molecule has 16 heavy (non-hydrogen) atoms. The molecule has 0 fully saturated rings. The predicted octanol–water partition coefficient (Wildman–Crippen LogP) is -1.20. The second-order valence-corrected chi connectivity index (χ2v) is 3.63. The van der Waals surface area contributed by atoms with E-state index in [2.05, 4.69) is 23.3 Å². The summed E-state index contributed by atoms with van der Waals surface area (Å²) in [4.78, 5) is 33.1. The normalized spacial score (nSPS) is 11.6. The summed E-state index contributed by atoms with van der Waals surface area (Å²) in [6.45, 7) is 1.57. The van der Waals surface area contributed by atoms with Crippen LogP contribution >= 0.6 is 12.6 Å². The number of carbonyl (C=O) groups excluding carboxylic acids is 3. The first kappa shape index (κ1) is 14.8. The molecule has 0 spiro atoms. The van der Waals surface area contributed by atoms with E-state index in [0.29, 0.717) is 12.2 Å². The molecule has 0 unspecified atom stereocenters. The van der Waals surface area contributed by atoms with Crippen LogP contribution in [0, 0.1) is 0 Å². The van der Waals surface area contributed by atoms with Gasteiger partial charge < -0.3 is 16.4 Å². The standard InChI is InChI=1S/C9H17N3O3S/c1-2-6(9(10)15)12-8(14)5-11-7(13)3-4-16/h6,16H,2-5H2,1H3,(H2,10,15)(H,11,13)(H,12,14)/t6-/m0/s1. The fourth-order valence-corrected chi connectivity index (χ4v) is 1.19. The minimum Gasteiger partial charge on any atom is -0.368 e. The zero-order valence-corrected chi connectivity index (χ0v) is 10.0. The summed E-state index contributed by atoms with van der Waals surface area (Å²) in [7, 11) is 0. The SMILES string of the molecule is CC[C@H](NC(=O)CNC(=O)CCS)C(N)=O. The van der Waals surface area contributed by atoms with Crippen molar-refractivity contribution in [1.82, 2.24) is 10.6 Å². The van der Waals surface area contributed by atoms with E-state index in [-0.39, 0.29) is 18.9 Å². The molecule has 0 aliphatic heterocycles. The Morgan fingerprint density at radius 1 is 1.31 bits per heavy atom. The third-order valence-electron chi connectivity index (χ3n) is 1.87. The lowest BCUT2D eigenvalue weighted by atomic mass is 10.2. The highest BCUT2D eigenvalue weighted by Crippen LogP contribution is 1.89. The van der Waals surface area contributed by atoms with Crippen LogP contribution in [-0.4, -0.2) is 36.1 Å². The fraction of sp³-hybridized carbons (Fsp3) is 0.667. The molecular weight excluding hydrogens is 230 g/mol. The van der Waals surface area contributed by atoms with Gasteiger partial charge in [-0.25, -0.2) is 0 Å². The summed E-state index contributed by atoms with van der Waals surface area (Å²) in [6.07, 6.45) is 0.676. The van der Waals surface area contributed by atoms with Crippen molar-refractivity contribution in [3.05, 3.63) is 0 Å². The van der Waals surface area contributed by atoms with Gasteiger partial charge in [-0.3, -0.25) is 14.4 Å². The fourth-order valence-electron chi connectivity index (χ4n) is 0.989. The van der Waals surface area contributed by atoms with Crippen molar-refractivity contribution in [2.45, 2.75) is 25.8 Å². The van der Waals surface area contributed by atoms with Crippen LogP contribution < -0.4 is 16.4 Å². The predicted molar refractivity (Wildman–Crippen MR) is 62.9 cm³/mol. The van der Waals surface area contributed by atoms with Crippen molar-refractivity contribution in [2.24, 2.45) is 5.73 Å². The van der Waals surface area contributed by atoms with Gasteiger partial charge in [-0.1, -0.05) is 6.92 Å². The molecule has 0 rings (SSSR count). The van der Waals surface area contributed by atoms with Gasteiger partial charge in [0, 0.05) is 6.42 Å². The van der Waals surface area contributed by atoms with E-state index in [1.807, 2.05) is 0 Å². The first-order valence-electron chi connectivity index (χ1n) is 4.97. The number of nitrogens with two attached hydrogens (primary N) is 1. The average Bonchev–Trinajstić information content (AvgIpc) is 2.23. The number of thiol groups is 1. The highest BCUT2D eigenvalue weighted by Gasteiger charge is 2.15. The monoisotopic (exact) mass is 247 g/mol. The highest BCUT2D eigenvalue weighted by atomic mass is 32.1. The van der Waals surface area contributed by atoms with E-state index in [4.69, 9.17) is 5.73 Å². The number of nitrogens with one attached hydrogen (secondary N) is 2. The van der Waals surface area contributed by atoms with Crippen LogP contribution in [0.25, 0.3) is 0 Å². The maximum atomic E-state index is 11.3. The summed E-state index contributed by atoms with van der Waals surface area (Å²) in [5.74, 6) is -0.847. The molecular formula is C9H17N3O3S. The molecule has 0 saturated carbocycles. The summed E-state index contributed by atoms with van der Waals surface area (Å²) in [6, 6.07) is -0.686. The third-order valence-corrected chi connectivity index (χ3v) is 2.10. The summed E-state index contributed by atoms with van der Waals surface area (Å²) >= 11 is 3.88. The number of carbonyl (C=O) groups is 3. The minimum absolute atomic E-state index is 0.156. The van der Waals surface area contributed by atoms with Crippen molar-refractivity contribution in [1.29, 1.82) is 0 Å². The van der Waals surface area contributed by atoms with Crippen molar-refractivity contribution in [3.8, 4) is 0 Å². The molecule has 92 valence electrons. The van der Waals surface area contributed by atoms with Gasteiger partial charge in [-0.15, -0.1) is 0 Å². The van der Waals surface area contributed by atoms with Crippen LogP contribution in [-0.2, 0) is 14.4 Å². The van der Waals surface area contributed by atoms with Gasteiger partial charge in [0.2, 0.25) is 17.7 Å². The van der Waals surface area contributed by atoms with Gasteiger partial charge in [0.25, 0.3) is 0 Å². The van der Waals surface area contributed by atoms with Crippen LogP contribution in [0.5, 0.6) is 0 Å². The van der Waals surface area contributed by atoms with Crippen molar-refractivity contribution in [3.63, 3.8) is 0 Å². The van der Waals surface area contributed by atoms with E-state index in [9.17, 15) is 14.4 Å². The Morgan fingerprint density at radius 2 is 1.94 bits per heavy atom. The Hall–Kier alpha value is -1.24. The second kappa shape index (κ2) is 7.98. The lowest BCUT2D eigenvalue weighted by Gasteiger charge is -2.13. The Bertz CT molecular complexity index is 271. The van der Waals surface area contributed by atoms with Crippen LogP contribution in [0.15, 0.2) is 0 Å². The van der Waals surface area contributed by atoms with Gasteiger partial charge >= 0.3 is 0 Å². The molecule has 0 aromatic heterocycles. The number of hydrogen-bond donors (Lipinski definition) is 4. The Kier molecular flexibility index (Phi) is 7.36. The van der Waals surface area contributed by atoms with Crippen LogP contribution in [0.3, 0.4) is 0 Å². The zero-order chi connectivity index (χ0) is 12.6. The molecule has 4 N–H and O–H groups in total. The molecule has 0 saturated heterocycles. The van der Waals surface area contributed by atoms with Crippen molar-refractivity contribution in [2.75, 3.05) is 12.3 Å². The molecule has 0 radical (unpaired) electrons. The van der Waals surface area contributed by atoms with Gasteiger partial charge in [0.15, 0.2) is 0 Å². The Balaban J connectivity index is 3.89. The second-order valence-electron chi connectivity index (χ2n) is 3.18. The van der Waals surface area contributed by atoms with Gasteiger partial charge in [-0.05, 0) is 12.2 Å². The minimum atomic E-state index is -0.686. The smallest absolute Gasteiger partial charge is 0.240 e. The molecule has 0 aromatic carbocycles. The summed E-state index contributed by atoms with van der Waals surface area (Å²) < 4.78 is 0. The molecule has 1 atom stereocenters. The average molecular weight is 247 g/mol. The molecule has 0 aliphatic carbocycles. The van der Waals surface area contributed by atoms with Gasteiger partial charge in [0.05, 0.1) is 6.54 Å². The zero-order valence-electron chi connectivity index (χ0n) is 9.16. The number of hydrogen-bond acceptors (Lipinski definition) is 4. The Morgan fingerprint density at radius 3 is 2.38 bits per heavy atom. The molecule has 0 aromatic rings. The summed E-state index contributed by atoms with van der Waals surface area (Å²) in [5, 5.41) is 4.82. The van der Waals surface area contributed by atoms with E-state index in [1.54, 1.807) is 6.92 Å². The first-order valence-corrected chi connectivity index (χ1v) is 5.60. The highest BCUT2D eigenvalue weighted by molar-refractivity contribution is 7.80. The lowest BCUT2D eigenvalue weighted by Crippen LogP contribution is -2.47. The van der Waals surface area contributed by atoms with E-state index < -0.39 is 17.9 Å². The van der Waals surface area contributed by atoms with Gasteiger partial charge in [-0.2, -0.15) is 12.6 Å². The quantitative estimate of drug-likeness (QED) is 0.425. The summed E-state index contributed by atoms with van der Waals surface area (Å²) in [5.41, 5.74) is 5.05. The molecule has 0 heterocycles. The lowest BCUT2D eigenvalue weighted by molar-refractivity contribution is -0.128. The third kappa shape index (κ3) is 6.28. The largest absolute Gasteiger partial charge is 0.368 e. The number of amides is 3. The number of primary amides is 1. The van der Waals surface area contributed by atoms with Crippen LogP contribution in [0.1, 0.15) is 19.8 Å². The maximum absolute atomic E-state index is 11.3. The van der Waals surface area contributed by atoms with Gasteiger partial charge in [0.1, 0.15) is 6.04 Å². The van der Waals surface area contributed by atoms with E-state index in [0.717, 1.165) is 0 Å².